The molecule has 30 heavy (non-hydrogen) atoms. The van der Waals surface area contributed by atoms with Crippen LogP contribution in [0.25, 0.3) is 22.2 Å². The average Bonchev–Trinajstić information content (AvgIpc) is 3.10. The zero-order valence-electron chi connectivity index (χ0n) is 16.2. The van der Waals surface area contributed by atoms with Gasteiger partial charge in [0.2, 0.25) is 6.61 Å². The van der Waals surface area contributed by atoms with Crippen molar-refractivity contribution in [3.8, 4) is 17.0 Å². The molecular weight excluding hydrogens is 391 g/mol. The largest absolute Gasteiger partial charge is 0.486 e. The van der Waals surface area contributed by atoms with Gasteiger partial charge in [-0.25, -0.2) is 9.18 Å². The van der Waals surface area contributed by atoms with E-state index in [0.717, 1.165) is 33.3 Å². The first-order valence-corrected chi connectivity index (χ1v) is 9.46. The molecule has 1 aromatic heterocycles. The quantitative estimate of drug-likeness (QED) is 0.366. The van der Waals surface area contributed by atoms with Crippen LogP contribution in [0.5, 0.6) is 5.75 Å². The Hall–Kier alpha value is -3.68. The molecule has 1 aliphatic carbocycles. The molecule has 154 valence electrons. The van der Waals surface area contributed by atoms with E-state index in [-0.39, 0.29) is 25.6 Å². The van der Waals surface area contributed by atoms with Gasteiger partial charge >= 0.3 is 5.97 Å². The molecule has 1 N–H and O–H groups in total. The molecule has 1 heterocycles. The minimum atomic E-state index is -0.518. The van der Waals surface area contributed by atoms with Crippen LogP contribution in [0.1, 0.15) is 18.1 Å². The normalized spacial score (nSPS) is 13.6. The predicted molar refractivity (Wildman–Crippen MR) is 108 cm³/mol. The first-order chi connectivity index (χ1) is 14.6. The summed E-state index contributed by atoms with van der Waals surface area (Å²) >= 11 is 0. The SMILES string of the molecule is CCOC(=O)CO/N=C1/Cc2c([nH]c3ccc(F)cc23)-c2ccc(OCC=O)cc21. The van der Waals surface area contributed by atoms with Crippen molar-refractivity contribution in [2.45, 2.75) is 13.3 Å². The van der Waals surface area contributed by atoms with Gasteiger partial charge in [-0.05, 0) is 48.9 Å². The highest BCUT2D eigenvalue weighted by molar-refractivity contribution is 6.13. The first-order valence-electron chi connectivity index (χ1n) is 9.46. The third-order valence-electron chi connectivity index (χ3n) is 4.76. The Morgan fingerprint density at radius 2 is 2.10 bits per heavy atom. The van der Waals surface area contributed by atoms with Gasteiger partial charge in [0.1, 0.15) is 18.2 Å². The fraction of sp³-hybridized carbons (Fsp3) is 0.227. The van der Waals surface area contributed by atoms with Gasteiger partial charge in [0, 0.05) is 28.5 Å². The fourth-order valence-electron chi connectivity index (χ4n) is 3.54. The first kappa shape index (κ1) is 19.6. The molecule has 7 nitrogen and oxygen atoms in total. The second kappa shape index (κ2) is 8.36. The molecule has 0 atom stereocenters. The van der Waals surface area contributed by atoms with Crippen LogP contribution >= 0.6 is 0 Å². The van der Waals surface area contributed by atoms with Crippen molar-refractivity contribution in [1.82, 2.24) is 4.98 Å². The Morgan fingerprint density at radius 3 is 2.90 bits per heavy atom. The number of esters is 1. The summed E-state index contributed by atoms with van der Waals surface area (Å²) in [6, 6.07) is 9.94. The predicted octanol–water partition coefficient (Wildman–Crippen LogP) is 3.39. The summed E-state index contributed by atoms with van der Waals surface area (Å²) in [5.41, 5.74) is 4.69. The number of H-pyrrole nitrogens is 1. The summed E-state index contributed by atoms with van der Waals surface area (Å²) in [6.07, 6.45) is 1.03. The third kappa shape index (κ3) is 3.76. The van der Waals surface area contributed by atoms with Gasteiger partial charge in [-0.1, -0.05) is 5.16 Å². The van der Waals surface area contributed by atoms with Gasteiger partial charge in [0.05, 0.1) is 18.0 Å². The number of nitrogens with zero attached hydrogens (tertiary/aromatic N) is 1. The van der Waals surface area contributed by atoms with Gasteiger partial charge < -0.3 is 19.3 Å². The average molecular weight is 410 g/mol. The molecule has 8 heteroatoms. The number of benzene rings is 2. The molecule has 0 amide bonds. The third-order valence-corrected chi connectivity index (χ3v) is 4.76. The summed E-state index contributed by atoms with van der Waals surface area (Å²) < 4.78 is 24.1. The minimum absolute atomic E-state index is 0.0679. The lowest BCUT2D eigenvalue weighted by Gasteiger charge is -2.19. The van der Waals surface area contributed by atoms with E-state index in [4.69, 9.17) is 14.3 Å². The highest BCUT2D eigenvalue weighted by Crippen LogP contribution is 2.39. The molecule has 0 fully saturated rings. The number of fused-ring (bicyclic) bond motifs is 5. The van der Waals surface area contributed by atoms with E-state index in [1.54, 1.807) is 25.1 Å². The number of carbonyl (C=O) groups excluding carboxylic acids is 2. The van der Waals surface area contributed by atoms with E-state index in [9.17, 15) is 14.0 Å². The summed E-state index contributed by atoms with van der Waals surface area (Å²) in [5.74, 6) is -0.342. The van der Waals surface area contributed by atoms with Gasteiger partial charge in [0.15, 0.2) is 6.29 Å². The van der Waals surface area contributed by atoms with Crippen molar-refractivity contribution in [1.29, 1.82) is 0 Å². The molecule has 1 aliphatic rings. The Kier molecular flexibility index (Phi) is 5.47. The number of oxime groups is 1. The van der Waals surface area contributed by atoms with E-state index in [2.05, 4.69) is 10.1 Å². The lowest BCUT2D eigenvalue weighted by molar-refractivity contribution is -0.148. The van der Waals surface area contributed by atoms with Gasteiger partial charge in [-0.15, -0.1) is 0 Å². The Bertz CT molecular complexity index is 1150. The topological polar surface area (TPSA) is 90.0 Å². The molecule has 0 unspecified atom stereocenters. The number of ether oxygens (including phenoxy) is 2. The maximum absolute atomic E-state index is 13.8. The van der Waals surface area contributed by atoms with Crippen LogP contribution in [0, 0.1) is 5.82 Å². The van der Waals surface area contributed by atoms with Crippen LogP contribution in [0.4, 0.5) is 4.39 Å². The number of aromatic amines is 1. The van der Waals surface area contributed by atoms with Crippen LogP contribution in [-0.4, -0.2) is 42.8 Å². The molecule has 0 radical (unpaired) electrons. The number of halogens is 1. The lowest BCUT2D eigenvalue weighted by Crippen LogP contribution is -2.16. The van der Waals surface area contributed by atoms with Crippen LogP contribution < -0.4 is 4.74 Å². The molecule has 0 spiro atoms. The highest BCUT2D eigenvalue weighted by Gasteiger charge is 2.26. The minimum Gasteiger partial charge on any atom is -0.486 e. The van der Waals surface area contributed by atoms with Crippen molar-refractivity contribution < 1.29 is 28.3 Å². The zero-order valence-corrected chi connectivity index (χ0v) is 16.2. The van der Waals surface area contributed by atoms with Crippen LogP contribution in [0.3, 0.4) is 0 Å². The number of aromatic nitrogens is 1. The van der Waals surface area contributed by atoms with Crippen LogP contribution in [-0.2, 0) is 25.6 Å². The number of rotatable bonds is 7. The number of carbonyl (C=O) groups is 2. The van der Waals surface area contributed by atoms with E-state index in [1.807, 2.05) is 6.07 Å². The van der Waals surface area contributed by atoms with Gasteiger partial charge in [0.25, 0.3) is 0 Å². The molecule has 4 rings (SSSR count). The smallest absolute Gasteiger partial charge is 0.347 e. The summed E-state index contributed by atoms with van der Waals surface area (Å²) in [6.45, 7) is 1.58. The van der Waals surface area contributed by atoms with Crippen LogP contribution in [0.2, 0.25) is 0 Å². The Balaban J connectivity index is 1.77. The van der Waals surface area contributed by atoms with Crippen molar-refractivity contribution in [3.05, 3.63) is 53.3 Å². The summed E-state index contributed by atoms with van der Waals surface area (Å²) in [7, 11) is 0. The monoisotopic (exact) mass is 410 g/mol. The highest BCUT2D eigenvalue weighted by atomic mass is 19.1. The molecule has 0 saturated heterocycles. The number of nitrogens with one attached hydrogen (secondary N) is 1. The van der Waals surface area contributed by atoms with Gasteiger partial charge in [-0.3, -0.25) is 4.79 Å². The van der Waals surface area contributed by atoms with E-state index in [0.29, 0.717) is 24.2 Å². The van der Waals surface area contributed by atoms with Crippen LogP contribution in [0.15, 0.2) is 41.6 Å². The van der Waals surface area contributed by atoms with Crippen molar-refractivity contribution in [3.63, 3.8) is 0 Å². The molecule has 0 saturated carbocycles. The zero-order chi connectivity index (χ0) is 21.1. The molecule has 2 aromatic carbocycles. The molecule has 3 aromatic rings. The van der Waals surface area contributed by atoms with E-state index in [1.165, 1.54) is 12.1 Å². The lowest BCUT2D eigenvalue weighted by atomic mass is 9.87. The Morgan fingerprint density at radius 1 is 1.23 bits per heavy atom. The maximum Gasteiger partial charge on any atom is 0.347 e. The van der Waals surface area contributed by atoms with Crippen molar-refractivity contribution in [2.24, 2.45) is 5.16 Å². The molecular formula is C22H19FN2O5. The fourth-order valence-corrected chi connectivity index (χ4v) is 3.54. The standard InChI is InChI=1S/C22H19FN2O5/c1-2-28-21(27)12-30-25-20-11-18-16-9-13(23)3-6-19(16)24-22(18)15-5-4-14(10-17(15)20)29-8-7-26/h3-7,9-10,24H,2,8,11-12H2,1H3/b25-20-. The molecule has 0 aliphatic heterocycles. The number of aldehydes is 1. The van der Waals surface area contributed by atoms with E-state index < -0.39 is 5.97 Å². The molecule has 0 bridgehead atoms. The second-order valence-electron chi connectivity index (χ2n) is 6.65. The van der Waals surface area contributed by atoms with Gasteiger partial charge in [-0.2, -0.15) is 0 Å². The summed E-state index contributed by atoms with van der Waals surface area (Å²) in [5, 5.41) is 4.92. The van der Waals surface area contributed by atoms with E-state index >= 15 is 0 Å². The summed E-state index contributed by atoms with van der Waals surface area (Å²) in [4.78, 5) is 30.8. The number of hydrogen-bond donors (Lipinski definition) is 1. The maximum atomic E-state index is 13.8. The number of hydrogen-bond acceptors (Lipinski definition) is 6. The van der Waals surface area contributed by atoms with Crippen molar-refractivity contribution in [2.75, 3.05) is 19.8 Å². The Labute approximate surface area is 171 Å². The second-order valence-corrected chi connectivity index (χ2v) is 6.65. The van der Waals surface area contributed by atoms with Crippen molar-refractivity contribution >= 4 is 28.9 Å².